The van der Waals surface area contributed by atoms with Crippen molar-refractivity contribution in [1.82, 2.24) is 14.6 Å². The number of carbonyl (C=O) groups excluding carboxylic acids is 1. The van der Waals surface area contributed by atoms with Gasteiger partial charge < -0.3 is 14.2 Å². The molecule has 3 aromatic carbocycles. The molecule has 0 atom stereocenters. The van der Waals surface area contributed by atoms with Gasteiger partial charge in [0, 0.05) is 40.1 Å². The third kappa shape index (κ3) is 5.70. The van der Waals surface area contributed by atoms with Crippen molar-refractivity contribution in [2.24, 2.45) is 0 Å². The predicted octanol–water partition coefficient (Wildman–Crippen LogP) is 7.22. The van der Waals surface area contributed by atoms with Crippen molar-refractivity contribution in [3.8, 4) is 45.1 Å². The molecule has 7 nitrogen and oxygen atoms in total. The SMILES string of the molecule is COC(=O)Cc1c(C)nc2cc3nn2c1-c1ccc(cc1)OCCCCCCOc1cc(F)ccc1-c1cccc-3c1. The highest BCUT2D eigenvalue weighted by Gasteiger charge is 2.21. The van der Waals surface area contributed by atoms with Gasteiger partial charge in [-0.15, -0.1) is 0 Å². The number of esters is 1. The Morgan fingerprint density at radius 2 is 1.67 bits per heavy atom. The minimum absolute atomic E-state index is 0.0663. The van der Waals surface area contributed by atoms with Crippen LogP contribution in [-0.4, -0.2) is 40.9 Å². The van der Waals surface area contributed by atoms with Crippen molar-refractivity contribution in [2.75, 3.05) is 20.3 Å². The molecule has 0 N–H and O–H groups in total. The molecule has 6 bridgehead atoms. The molecule has 0 unspecified atom stereocenters. The predicted molar refractivity (Wildman–Crippen MR) is 159 cm³/mol. The minimum Gasteiger partial charge on any atom is -0.494 e. The molecular weight excluding hydrogens is 533 g/mol. The molecule has 0 aliphatic carbocycles. The van der Waals surface area contributed by atoms with Gasteiger partial charge in [0.2, 0.25) is 0 Å². The molecule has 214 valence electrons. The number of hydrogen-bond donors (Lipinski definition) is 0. The summed E-state index contributed by atoms with van der Waals surface area (Å²) in [4.78, 5) is 17.2. The van der Waals surface area contributed by atoms with E-state index in [9.17, 15) is 9.18 Å². The van der Waals surface area contributed by atoms with Gasteiger partial charge in [0.25, 0.3) is 0 Å². The lowest BCUT2D eigenvalue weighted by molar-refractivity contribution is -0.139. The lowest BCUT2D eigenvalue weighted by atomic mass is 10.0. The average molecular weight is 566 g/mol. The summed E-state index contributed by atoms with van der Waals surface area (Å²) in [5.74, 6) is 0.609. The normalized spacial score (nSPS) is 13.6. The number of nitrogens with zero attached hydrogens (tertiary/aromatic N) is 3. The van der Waals surface area contributed by atoms with E-state index in [-0.39, 0.29) is 18.2 Å². The van der Waals surface area contributed by atoms with Gasteiger partial charge in [-0.25, -0.2) is 13.9 Å². The standard InChI is InChI=1S/C34H32FN3O4/c1-22-29(20-33(39)40-2)34-23-10-13-27(14-11-23)41-16-5-3-4-6-17-42-31-19-26(35)12-15-28(31)24-8-7-9-25(18-24)30-21-32(36-22)38(34)37-30/h7-15,18-19,21H,3-6,16-17,20H2,1-2H3. The number of fused-ring (bicyclic) bond motifs is 9. The summed E-state index contributed by atoms with van der Waals surface area (Å²) in [7, 11) is 1.38. The van der Waals surface area contributed by atoms with Crippen LogP contribution in [0.2, 0.25) is 0 Å². The zero-order valence-electron chi connectivity index (χ0n) is 23.7. The minimum atomic E-state index is -0.352. The van der Waals surface area contributed by atoms with E-state index in [1.54, 1.807) is 10.6 Å². The van der Waals surface area contributed by atoms with Crippen molar-refractivity contribution in [3.63, 3.8) is 0 Å². The molecule has 4 heterocycles. The highest BCUT2D eigenvalue weighted by atomic mass is 19.1. The number of methoxy groups -OCH3 is 1. The van der Waals surface area contributed by atoms with Gasteiger partial charge in [0.1, 0.15) is 17.3 Å². The third-order valence-corrected chi connectivity index (χ3v) is 7.56. The number of ether oxygens (including phenoxy) is 3. The fourth-order valence-electron chi connectivity index (χ4n) is 5.36. The van der Waals surface area contributed by atoms with Crippen LogP contribution < -0.4 is 9.47 Å². The second-order valence-electron chi connectivity index (χ2n) is 10.4. The van der Waals surface area contributed by atoms with Gasteiger partial charge >= 0.3 is 5.97 Å². The van der Waals surface area contributed by atoms with Gasteiger partial charge in [0.05, 0.1) is 38.1 Å². The van der Waals surface area contributed by atoms with Crippen molar-refractivity contribution < 1.29 is 23.4 Å². The van der Waals surface area contributed by atoms with Gasteiger partial charge in [-0.3, -0.25) is 4.79 Å². The Hall–Kier alpha value is -4.72. The number of halogens is 1. The van der Waals surface area contributed by atoms with Crippen LogP contribution in [0, 0.1) is 12.7 Å². The molecule has 0 amide bonds. The lowest BCUT2D eigenvalue weighted by Gasteiger charge is -2.14. The Labute approximate surface area is 243 Å². The number of carbonyl (C=O) groups is 1. The molecule has 2 aliphatic rings. The van der Waals surface area contributed by atoms with Crippen LogP contribution in [0.4, 0.5) is 4.39 Å². The van der Waals surface area contributed by atoms with E-state index in [2.05, 4.69) is 0 Å². The lowest BCUT2D eigenvalue weighted by Crippen LogP contribution is -2.12. The van der Waals surface area contributed by atoms with E-state index >= 15 is 0 Å². The highest BCUT2D eigenvalue weighted by Crippen LogP contribution is 2.35. The second-order valence-corrected chi connectivity index (χ2v) is 10.4. The first-order valence-corrected chi connectivity index (χ1v) is 14.2. The largest absolute Gasteiger partial charge is 0.494 e. The highest BCUT2D eigenvalue weighted by molar-refractivity contribution is 5.80. The Kier molecular flexibility index (Phi) is 7.86. The fourth-order valence-corrected chi connectivity index (χ4v) is 5.36. The topological polar surface area (TPSA) is 75.0 Å². The molecule has 0 saturated heterocycles. The van der Waals surface area contributed by atoms with Crippen molar-refractivity contribution in [3.05, 3.63) is 89.9 Å². The van der Waals surface area contributed by atoms with Crippen molar-refractivity contribution in [1.29, 1.82) is 0 Å². The monoisotopic (exact) mass is 565 g/mol. The maximum atomic E-state index is 14.2. The van der Waals surface area contributed by atoms with E-state index in [1.165, 1.54) is 19.2 Å². The molecule has 2 aliphatic heterocycles. The molecule has 7 rings (SSSR count). The summed E-state index contributed by atoms with van der Waals surface area (Å²) in [5, 5.41) is 4.97. The first-order valence-electron chi connectivity index (χ1n) is 14.2. The summed E-state index contributed by atoms with van der Waals surface area (Å²) in [6.45, 7) is 3.01. The van der Waals surface area contributed by atoms with Gasteiger partial charge in [0.15, 0.2) is 5.65 Å². The fraction of sp³-hybridized carbons (Fsp3) is 0.265. The van der Waals surface area contributed by atoms with E-state index < -0.39 is 0 Å². The molecule has 0 fully saturated rings. The zero-order chi connectivity index (χ0) is 29.1. The summed E-state index contributed by atoms with van der Waals surface area (Å²) in [5.41, 5.74) is 7.10. The average Bonchev–Trinajstić information content (AvgIpc) is 3.42. The Morgan fingerprint density at radius 3 is 2.45 bits per heavy atom. The van der Waals surface area contributed by atoms with Crippen LogP contribution in [0.5, 0.6) is 11.5 Å². The van der Waals surface area contributed by atoms with Crippen LogP contribution in [0.25, 0.3) is 39.3 Å². The van der Waals surface area contributed by atoms with Crippen LogP contribution in [0.1, 0.15) is 36.9 Å². The third-order valence-electron chi connectivity index (χ3n) is 7.56. The number of hydrogen-bond acceptors (Lipinski definition) is 6. The quantitative estimate of drug-likeness (QED) is 0.210. The number of rotatable bonds is 2. The van der Waals surface area contributed by atoms with Crippen LogP contribution in [0.15, 0.2) is 72.8 Å². The second kappa shape index (κ2) is 12.0. The van der Waals surface area contributed by atoms with Crippen LogP contribution in [-0.2, 0) is 16.0 Å². The first kappa shape index (κ1) is 27.4. The zero-order valence-corrected chi connectivity index (χ0v) is 23.7. The molecule has 2 aromatic heterocycles. The van der Waals surface area contributed by atoms with E-state index in [0.29, 0.717) is 24.6 Å². The molecule has 0 radical (unpaired) electrons. The maximum Gasteiger partial charge on any atom is 0.310 e. The molecule has 0 saturated carbocycles. The van der Waals surface area contributed by atoms with E-state index in [4.69, 9.17) is 24.3 Å². The molecular formula is C34H32FN3O4. The molecule has 5 aromatic rings. The first-order chi connectivity index (χ1) is 20.5. The van der Waals surface area contributed by atoms with Crippen LogP contribution >= 0.6 is 0 Å². The Morgan fingerprint density at radius 1 is 0.905 bits per heavy atom. The summed E-state index contributed by atoms with van der Waals surface area (Å²) >= 11 is 0. The van der Waals surface area contributed by atoms with Gasteiger partial charge in [-0.05, 0) is 80.6 Å². The van der Waals surface area contributed by atoms with Gasteiger partial charge in [-0.2, -0.15) is 5.10 Å². The number of benzene rings is 3. The maximum absolute atomic E-state index is 14.2. The van der Waals surface area contributed by atoms with Crippen molar-refractivity contribution in [2.45, 2.75) is 39.0 Å². The Balaban J connectivity index is 1.52. The summed E-state index contributed by atoms with van der Waals surface area (Å²) in [6.07, 6.45) is 3.85. The summed E-state index contributed by atoms with van der Waals surface area (Å²) in [6, 6.07) is 22.4. The molecule has 0 spiro atoms. The van der Waals surface area contributed by atoms with E-state index in [1.807, 2.05) is 61.5 Å². The smallest absolute Gasteiger partial charge is 0.310 e. The van der Waals surface area contributed by atoms with Gasteiger partial charge in [-0.1, -0.05) is 18.2 Å². The molecule has 8 heteroatoms. The van der Waals surface area contributed by atoms with E-state index in [0.717, 1.165) is 76.3 Å². The van der Waals surface area contributed by atoms with Crippen LogP contribution in [0.3, 0.4) is 0 Å². The Bertz CT molecular complexity index is 1750. The number of aryl methyl sites for hydroxylation is 1. The summed E-state index contributed by atoms with van der Waals surface area (Å²) < 4.78 is 33.1. The number of aromatic nitrogens is 3. The van der Waals surface area contributed by atoms with Crippen molar-refractivity contribution >= 4 is 11.6 Å². The molecule has 42 heavy (non-hydrogen) atoms.